The molecule has 2 N–H and O–H groups in total. The van der Waals surface area contributed by atoms with Crippen LogP contribution < -0.4 is 5.73 Å². The number of benzene rings is 1. The molecule has 2 aromatic rings. The lowest BCUT2D eigenvalue weighted by atomic mass is 10.0. The first-order valence-corrected chi connectivity index (χ1v) is 5.53. The average Bonchev–Trinajstić information content (AvgIpc) is 2.27. The summed E-state index contributed by atoms with van der Waals surface area (Å²) in [5, 5.41) is 0.509. The van der Waals surface area contributed by atoms with Crippen LogP contribution in [0.4, 0.5) is 13.2 Å². The number of nitrogens with zero attached hydrogens (tertiary/aromatic N) is 1. The second-order valence-corrected chi connectivity index (χ2v) is 4.38. The number of aryl methyl sites for hydroxylation is 1. The lowest BCUT2D eigenvalue weighted by Gasteiger charge is -2.11. The molecule has 18 heavy (non-hydrogen) atoms. The summed E-state index contributed by atoms with van der Waals surface area (Å²) in [7, 11) is 0. The lowest BCUT2D eigenvalue weighted by Crippen LogP contribution is -2.09. The van der Waals surface area contributed by atoms with E-state index < -0.39 is 11.7 Å². The molecule has 0 radical (unpaired) electrons. The third-order valence-electron chi connectivity index (χ3n) is 2.83. The molecule has 0 saturated carbocycles. The number of pyridine rings is 1. The van der Waals surface area contributed by atoms with Crippen molar-refractivity contribution in [1.82, 2.24) is 4.98 Å². The molecule has 0 aliphatic heterocycles. The summed E-state index contributed by atoms with van der Waals surface area (Å²) in [4.78, 5) is 4.27. The van der Waals surface area contributed by atoms with Gasteiger partial charge in [0, 0.05) is 11.4 Å². The van der Waals surface area contributed by atoms with Gasteiger partial charge in [0.25, 0.3) is 0 Å². The fourth-order valence-electron chi connectivity index (χ4n) is 1.83. The zero-order chi connectivity index (χ0) is 13.5. The number of aromatic nitrogens is 1. The van der Waals surface area contributed by atoms with Crippen molar-refractivity contribution < 1.29 is 13.2 Å². The largest absolute Gasteiger partial charge is 0.416 e. The molecule has 96 valence electrons. The summed E-state index contributed by atoms with van der Waals surface area (Å²) in [5.74, 6) is 0. The summed E-state index contributed by atoms with van der Waals surface area (Å²) in [6.45, 7) is 3.55. The number of hydrogen-bond acceptors (Lipinski definition) is 2. The van der Waals surface area contributed by atoms with Crippen LogP contribution in [-0.2, 0) is 6.18 Å². The van der Waals surface area contributed by atoms with E-state index in [-0.39, 0.29) is 6.04 Å². The van der Waals surface area contributed by atoms with Gasteiger partial charge in [-0.05, 0) is 43.7 Å². The number of alkyl halides is 3. The number of halogens is 3. The average molecular weight is 254 g/mol. The van der Waals surface area contributed by atoms with Crippen molar-refractivity contribution >= 4 is 10.9 Å². The minimum Gasteiger partial charge on any atom is -0.323 e. The van der Waals surface area contributed by atoms with Gasteiger partial charge < -0.3 is 5.73 Å². The first-order chi connectivity index (χ1) is 8.29. The Bertz CT molecular complexity index is 589. The third-order valence-corrected chi connectivity index (χ3v) is 2.83. The lowest BCUT2D eigenvalue weighted by molar-refractivity contribution is -0.137. The van der Waals surface area contributed by atoms with Crippen molar-refractivity contribution in [2.45, 2.75) is 26.1 Å². The smallest absolute Gasteiger partial charge is 0.323 e. The Labute approximate surface area is 103 Å². The van der Waals surface area contributed by atoms with E-state index in [1.807, 2.05) is 0 Å². The SMILES string of the molecule is Cc1cc(C(C)N)nc2ccc(C(F)(F)F)cc12. The summed E-state index contributed by atoms with van der Waals surface area (Å²) in [6.07, 6.45) is -4.33. The molecule has 5 heteroatoms. The maximum atomic E-state index is 12.6. The maximum absolute atomic E-state index is 12.6. The van der Waals surface area contributed by atoms with Gasteiger partial charge in [0.15, 0.2) is 0 Å². The molecule has 1 heterocycles. The minimum absolute atomic E-state index is 0.240. The molecule has 1 unspecified atom stereocenters. The predicted molar refractivity (Wildman–Crippen MR) is 64.1 cm³/mol. The molecule has 2 rings (SSSR count). The summed E-state index contributed by atoms with van der Waals surface area (Å²) in [6, 6.07) is 5.04. The van der Waals surface area contributed by atoms with Crippen LogP contribution in [0.2, 0.25) is 0 Å². The van der Waals surface area contributed by atoms with E-state index in [0.29, 0.717) is 16.6 Å². The maximum Gasteiger partial charge on any atom is 0.416 e. The predicted octanol–water partition coefficient (Wildman–Crippen LogP) is 3.58. The van der Waals surface area contributed by atoms with Crippen molar-refractivity contribution in [2.75, 3.05) is 0 Å². The Balaban J connectivity index is 2.66. The topological polar surface area (TPSA) is 38.9 Å². The number of fused-ring (bicyclic) bond motifs is 1. The van der Waals surface area contributed by atoms with Crippen LogP contribution in [0.3, 0.4) is 0 Å². The van der Waals surface area contributed by atoms with Crippen LogP contribution in [-0.4, -0.2) is 4.98 Å². The van der Waals surface area contributed by atoms with E-state index in [1.165, 1.54) is 6.07 Å². The van der Waals surface area contributed by atoms with Gasteiger partial charge in [0.2, 0.25) is 0 Å². The van der Waals surface area contributed by atoms with Crippen LogP contribution in [0.1, 0.15) is 29.8 Å². The third kappa shape index (κ3) is 2.31. The molecule has 0 aliphatic rings. The Morgan fingerprint density at radius 2 is 1.89 bits per heavy atom. The van der Waals surface area contributed by atoms with Gasteiger partial charge in [0.05, 0.1) is 16.8 Å². The summed E-state index contributed by atoms with van der Waals surface area (Å²) in [5.41, 5.74) is 7.04. The van der Waals surface area contributed by atoms with E-state index in [0.717, 1.165) is 17.7 Å². The molecule has 0 bridgehead atoms. The molecule has 2 nitrogen and oxygen atoms in total. The highest BCUT2D eigenvalue weighted by molar-refractivity contribution is 5.83. The molecule has 0 aliphatic carbocycles. The van der Waals surface area contributed by atoms with E-state index >= 15 is 0 Å². The van der Waals surface area contributed by atoms with Gasteiger partial charge in [-0.2, -0.15) is 13.2 Å². The Morgan fingerprint density at radius 1 is 1.22 bits per heavy atom. The molecule has 1 aromatic heterocycles. The number of hydrogen-bond donors (Lipinski definition) is 1. The van der Waals surface area contributed by atoms with Crippen molar-refractivity contribution in [3.63, 3.8) is 0 Å². The van der Waals surface area contributed by atoms with E-state index in [1.54, 1.807) is 19.9 Å². The van der Waals surface area contributed by atoms with E-state index in [4.69, 9.17) is 5.73 Å². The van der Waals surface area contributed by atoms with E-state index in [2.05, 4.69) is 4.98 Å². The van der Waals surface area contributed by atoms with Gasteiger partial charge in [-0.15, -0.1) is 0 Å². The quantitative estimate of drug-likeness (QED) is 0.844. The van der Waals surface area contributed by atoms with Crippen molar-refractivity contribution in [2.24, 2.45) is 5.73 Å². The Morgan fingerprint density at radius 3 is 2.44 bits per heavy atom. The molecule has 1 aromatic carbocycles. The second-order valence-electron chi connectivity index (χ2n) is 4.38. The highest BCUT2D eigenvalue weighted by Gasteiger charge is 2.30. The Kier molecular flexibility index (Phi) is 3.02. The van der Waals surface area contributed by atoms with Crippen LogP contribution in [0.15, 0.2) is 24.3 Å². The molecule has 1 atom stereocenters. The van der Waals surface area contributed by atoms with Crippen molar-refractivity contribution in [3.05, 3.63) is 41.1 Å². The second kappa shape index (κ2) is 4.24. The van der Waals surface area contributed by atoms with Crippen molar-refractivity contribution in [1.29, 1.82) is 0 Å². The zero-order valence-electron chi connectivity index (χ0n) is 10.0. The summed E-state index contributed by atoms with van der Waals surface area (Å²) >= 11 is 0. The fraction of sp³-hybridized carbons (Fsp3) is 0.308. The fourth-order valence-corrected chi connectivity index (χ4v) is 1.83. The summed E-state index contributed by atoms with van der Waals surface area (Å²) < 4.78 is 37.8. The first-order valence-electron chi connectivity index (χ1n) is 5.53. The highest BCUT2D eigenvalue weighted by atomic mass is 19.4. The van der Waals surface area contributed by atoms with Gasteiger partial charge in [-0.1, -0.05) is 0 Å². The van der Waals surface area contributed by atoms with Gasteiger partial charge in [-0.25, -0.2) is 0 Å². The van der Waals surface area contributed by atoms with E-state index in [9.17, 15) is 13.2 Å². The van der Waals surface area contributed by atoms with Crippen molar-refractivity contribution in [3.8, 4) is 0 Å². The van der Waals surface area contributed by atoms with Gasteiger partial charge >= 0.3 is 6.18 Å². The standard InChI is InChI=1S/C13H13F3N2/c1-7-5-12(8(2)17)18-11-4-3-9(6-10(7)11)13(14,15)16/h3-6,8H,17H2,1-2H3. The zero-order valence-corrected chi connectivity index (χ0v) is 10.0. The molecular formula is C13H13F3N2. The highest BCUT2D eigenvalue weighted by Crippen LogP contribution is 2.32. The molecule has 0 amide bonds. The van der Waals surface area contributed by atoms with Crippen LogP contribution >= 0.6 is 0 Å². The molecule has 0 saturated heterocycles. The van der Waals surface area contributed by atoms with Crippen LogP contribution in [0.5, 0.6) is 0 Å². The molecule has 0 spiro atoms. The van der Waals surface area contributed by atoms with Gasteiger partial charge in [-0.3, -0.25) is 4.98 Å². The monoisotopic (exact) mass is 254 g/mol. The minimum atomic E-state index is -4.33. The van der Waals surface area contributed by atoms with Gasteiger partial charge in [0.1, 0.15) is 0 Å². The molecular weight excluding hydrogens is 241 g/mol. The molecule has 0 fully saturated rings. The first kappa shape index (κ1) is 12.8. The Hall–Kier alpha value is -1.62. The number of nitrogens with two attached hydrogens (primary N) is 1. The van der Waals surface area contributed by atoms with Crippen LogP contribution in [0.25, 0.3) is 10.9 Å². The number of rotatable bonds is 1. The normalized spacial score (nSPS) is 13.9. The van der Waals surface area contributed by atoms with Crippen LogP contribution in [0, 0.1) is 6.92 Å².